The van der Waals surface area contributed by atoms with Crippen molar-refractivity contribution in [2.75, 3.05) is 6.54 Å². The zero-order valence-corrected chi connectivity index (χ0v) is 12.1. The van der Waals surface area contributed by atoms with Crippen molar-refractivity contribution in [3.05, 3.63) is 28.0 Å². The molecule has 2 amide bonds. The maximum atomic E-state index is 11.8. The van der Waals surface area contributed by atoms with Crippen LogP contribution >= 0.6 is 11.3 Å². The third-order valence-corrected chi connectivity index (χ3v) is 3.75. The Hall–Kier alpha value is -2.15. The third-order valence-electron chi connectivity index (χ3n) is 2.85. The van der Waals surface area contributed by atoms with E-state index in [4.69, 9.17) is 5.11 Å². The van der Waals surface area contributed by atoms with Crippen molar-refractivity contribution in [3.63, 3.8) is 0 Å². The molecule has 0 bridgehead atoms. The van der Waals surface area contributed by atoms with Crippen LogP contribution in [0.4, 0.5) is 0 Å². The summed E-state index contributed by atoms with van der Waals surface area (Å²) in [4.78, 5) is 34.4. The first-order chi connectivity index (χ1) is 10.0. The second-order valence-corrected chi connectivity index (χ2v) is 5.70. The summed E-state index contributed by atoms with van der Waals surface area (Å²) in [5.74, 6) is -1.34. The number of hydrogen-bond acceptors (Lipinski definition) is 4. The Morgan fingerprint density at radius 1 is 1.38 bits per heavy atom. The summed E-state index contributed by atoms with van der Waals surface area (Å²) in [5.41, 5.74) is 0.465. The maximum Gasteiger partial charge on any atom is 0.328 e. The Balaban J connectivity index is 1.74. The molecule has 1 aliphatic rings. The van der Waals surface area contributed by atoms with Crippen LogP contribution in [0, 0.1) is 0 Å². The molecule has 3 N–H and O–H groups in total. The molecular weight excluding hydrogens is 292 g/mol. The number of carboxylic acids is 1. The van der Waals surface area contributed by atoms with E-state index in [2.05, 4.69) is 10.6 Å². The van der Waals surface area contributed by atoms with Crippen molar-refractivity contribution >= 4 is 35.2 Å². The highest BCUT2D eigenvalue weighted by atomic mass is 32.1. The predicted octanol–water partition coefficient (Wildman–Crippen LogP) is 1.24. The molecular formula is C14H16N2O4S. The first-order valence-electron chi connectivity index (χ1n) is 6.61. The third kappa shape index (κ3) is 5.39. The van der Waals surface area contributed by atoms with Gasteiger partial charge in [-0.15, -0.1) is 11.3 Å². The minimum atomic E-state index is -1.03. The number of amides is 2. The Kier molecular flexibility index (Phi) is 5.10. The molecule has 0 saturated heterocycles. The normalized spacial score (nSPS) is 14.1. The summed E-state index contributed by atoms with van der Waals surface area (Å²) in [6.07, 6.45) is 4.81. The zero-order chi connectivity index (χ0) is 15.2. The fourth-order valence-corrected chi connectivity index (χ4v) is 2.41. The number of rotatable bonds is 7. The van der Waals surface area contributed by atoms with Gasteiger partial charge in [0.05, 0.1) is 5.56 Å². The summed E-state index contributed by atoms with van der Waals surface area (Å²) in [6.45, 7) is 0.285. The van der Waals surface area contributed by atoms with Gasteiger partial charge in [-0.1, -0.05) is 0 Å². The van der Waals surface area contributed by atoms with Crippen molar-refractivity contribution in [2.45, 2.75) is 25.3 Å². The molecule has 0 radical (unpaired) electrons. The van der Waals surface area contributed by atoms with Gasteiger partial charge in [0.15, 0.2) is 0 Å². The summed E-state index contributed by atoms with van der Waals surface area (Å²) in [7, 11) is 0. The minimum absolute atomic E-state index is 0.0480. The van der Waals surface area contributed by atoms with E-state index in [1.165, 1.54) is 17.4 Å². The highest BCUT2D eigenvalue weighted by Gasteiger charge is 2.22. The van der Waals surface area contributed by atoms with E-state index in [0.29, 0.717) is 16.5 Å². The first-order valence-corrected chi connectivity index (χ1v) is 7.49. The van der Waals surface area contributed by atoms with Crippen LogP contribution in [-0.4, -0.2) is 35.5 Å². The van der Waals surface area contributed by atoms with Gasteiger partial charge in [-0.25, -0.2) is 4.79 Å². The molecule has 112 valence electrons. The molecule has 1 aromatic heterocycles. The van der Waals surface area contributed by atoms with E-state index in [9.17, 15) is 14.4 Å². The van der Waals surface area contributed by atoms with Crippen LogP contribution in [0.1, 0.15) is 34.5 Å². The summed E-state index contributed by atoms with van der Waals surface area (Å²) in [5, 5.41) is 15.7. The monoisotopic (exact) mass is 308 g/mol. The summed E-state index contributed by atoms with van der Waals surface area (Å²) in [6, 6.07) is 1.94. The largest absolute Gasteiger partial charge is 0.478 e. The molecule has 0 unspecified atom stereocenters. The number of thiophene rings is 1. The van der Waals surface area contributed by atoms with Crippen molar-refractivity contribution in [2.24, 2.45) is 0 Å². The standard InChI is InChI=1S/C14H16N2O4S/c17-12(16-10-1-2-10)5-6-15-14(20)9-7-11(21-8-9)3-4-13(18)19/h3-4,7-8,10H,1-2,5-6H2,(H,15,20)(H,16,17)(H,18,19). The molecule has 1 heterocycles. The van der Waals surface area contributed by atoms with E-state index in [1.807, 2.05) is 0 Å². The van der Waals surface area contributed by atoms with Crippen LogP contribution in [0.5, 0.6) is 0 Å². The van der Waals surface area contributed by atoms with Crippen molar-refractivity contribution < 1.29 is 19.5 Å². The van der Waals surface area contributed by atoms with E-state index < -0.39 is 5.97 Å². The Labute approximate surface area is 125 Å². The Bertz CT molecular complexity index is 575. The molecule has 1 saturated carbocycles. The highest BCUT2D eigenvalue weighted by Crippen LogP contribution is 2.18. The van der Waals surface area contributed by atoms with Gasteiger partial charge in [-0.05, 0) is 25.0 Å². The average molecular weight is 308 g/mol. The van der Waals surface area contributed by atoms with Gasteiger partial charge in [0.1, 0.15) is 0 Å². The van der Waals surface area contributed by atoms with Gasteiger partial charge in [0.25, 0.3) is 5.91 Å². The maximum absolute atomic E-state index is 11.8. The number of nitrogens with one attached hydrogen (secondary N) is 2. The molecule has 1 aromatic rings. The van der Waals surface area contributed by atoms with Crippen molar-refractivity contribution in [1.82, 2.24) is 10.6 Å². The molecule has 21 heavy (non-hydrogen) atoms. The molecule has 1 aliphatic carbocycles. The second-order valence-electron chi connectivity index (χ2n) is 4.76. The topological polar surface area (TPSA) is 95.5 Å². The average Bonchev–Trinajstić information content (AvgIpc) is 3.10. The fraction of sp³-hybridized carbons (Fsp3) is 0.357. The molecule has 1 fully saturated rings. The summed E-state index contributed by atoms with van der Waals surface area (Å²) >= 11 is 1.29. The van der Waals surface area contributed by atoms with Crippen LogP contribution < -0.4 is 10.6 Å². The molecule has 0 spiro atoms. The number of carbonyl (C=O) groups excluding carboxylic acids is 2. The second kappa shape index (κ2) is 7.03. The highest BCUT2D eigenvalue weighted by molar-refractivity contribution is 7.11. The molecule has 6 nitrogen and oxygen atoms in total. The number of carboxylic acid groups (broad SMARTS) is 1. The first kappa shape index (κ1) is 15.2. The minimum Gasteiger partial charge on any atom is -0.478 e. The number of hydrogen-bond donors (Lipinski definition) is 3. The molecule has 0 aliphatic heterocycles. The van der Waals surface area contributed by atoms with E-state index in [1.54, 1.807) is 11.4 Å². The van der Waals surface area contributed by atoms with Gasteiger partial charge >= 0.3 is 5.97 Å². The molecule has 0 aromatic carbocycles. The lowest BCUT2D eigenvalue weighted by atomic mass is 10.2. The van der Waals surface area contributed by atoms with E-state index >= 15 is 0 Å². The fourth-order valence-electron chi connectivity index (χ4n) is 1.63. The van der Waals surface area contributed by atoms with Gasteiger partial charge in [0, 0.05) is 35.3 Å². The van der Waals surface area contributed by atoms with Gasteiger partial charge < -0.3 is 15.7 Å². The van der Waals surface area contributed by atoms with E-state index in [-0.39, 0.29) is 24.8 Å². The van der Waals surface area contributed by atoms with Crippen molar-refractivity contribution in [1.29, 1.82) is 0 Å². The Morgan fingerprint density at radius 3 is 2.81 bits per heavy atom. The lowest BCUT2D eigenvalue weighted by molar-refractivity contribution is -0.131. The zero-order valence-electron chi connectivity index (χ0n) is 11.3. The van der Waals surface area contributed by atoms with Crippen LogP contribution in [0.2, 0.25) is 0 Å². The lowest BCUT2D eigenvalue weighted by Gasteiger charge is -2.04. The Morgan fingerprint density at radius 2 is 2.14 bits per heavy atom. The molecule has 7 heteroatoms. The lowest BCUT2D eigenvalue weighted by Crippen LogP contribution is -2.31. The van der Waals surface area contributed by atoms with Crippen LogP contribution in [-0.2, 0) is 9.59 Å². The van der Waals surface area contributed by atoms with Gasteiger partial charge in [-0.2, -0.15) is 0 Å². The predicted molar refractivity (Wildman–Crippen MR) is 79.1 cm³/mol. The summed E-state index contributed by atoms with van der Waals surface area (Å²) < 4.78 is 0. The smallest absolute Gasteiger partial charge is 0.328 e. The van der Waals surface area contributed by atoms with E-state index in [0.717, 1.165) is 18.9 Å². The SMILES string of the molecule is O=C(O)C=Cc1cc(C(=O)NCCC(=O)NC2CC2)cs1. The number of aliphatic carboxylic acids is 1. The molecule has 2 rings (SSSR count). The van der Waals surface area contributed by atoms with Crippen LogP contribution in [0.25, 0.3) is 6.08 Å². The molecule has 0 atom stereocenters. The van der Waals surface area contributed by atoms with Gasteiger partial charge in [-0.3, -0.25) is 9.59 Å². The van der Waals surface area contributed by atoms with Crippen LogP contribution in [0.3, 0.4) is 0 Å². The quantitative estimate of drug-likeness (QED) is 0.660. The van der Waals surface area contributed by atoms with Gasteiger partial charge in [0.2, 0.25) is 5.91 Å². The van der Waals surface area contributed by atoms with Crippen molar-refractivity contribution in [3.8, 4) is 0 Å². The van der Waals surface area contributed by atoms with Crippen LogP contribution in [0.15, 0.2) is 17.5 Å². The number of carbonyl (C=O) groups is 3.